The molecule has 0 bridgehead atoms. The molecule has 1 N–H and O–H groups in total. The Morgan fingerprint density at radius 3 is 2.88 bits per heavy atom. The topological polar surface area (TPSA) is 21.3 Å². The second kappa shape index (κ2) is 5.28. The van der Waals surface area contributed by atoms with Crippen molar-refractivity contribution < 1.29 is 4.74 Å². The van der Waals surface area contributed by atoms with Crippen LogP contribution in [0, 0.1) is 0 Å². The van der Waals surface area contributed by atoms with Gasteiger partial charge in [0.05, 0.1) is 7.11 Å². The maximum atomic E-state index is 6.11. The lowest BCUT2D eigenvalue weighted by Gasteiger charge is -2.31. The summed E-state index contributed by atoms with van der Waals surface area (Å²) in [7, 11) is 1.72. The Morgan fingerprint density at radius 2 is 2.12 bits per heavy atom. The van der Waals surface area contributed by atoms with Crippen LogP contribution in [0.25, 0.3) is 0 Å². The van der Waals surface area contributed by atoms with Gasteiger partial charge in [-0.25, -0.2) is 0 Å². The van der Waals surface area contributed by atoms with E-state index in [1.54, 1.807) is 7.11 Å². The standard InChI is InChI=1S/C14H20ClNO/c1-14(8-4-3-5-9-16-14)12-10-11(15)6-7-13(12)17-2/h6-7,10,16H,3-5,8-9H2,1-2H3. The summed E-state index contributed by atoms with van der Waals surface area (Å²) in [6, 6.07) is 5.86. The zero-order valence-corrected chi connectivity index (χ0v) is 11.3. The van der Waals surface area contributed by atoms with E-state index >= 15 is 0 Å². The van der Waals surface area contributed by atoms with Gasteiger partial charge in [0.25, 0.3) is 0 Å². The number of ether oxygens (including phenoxy) is 1. The third-order valence-electron chi connectivity index (χ3n) is 3.62. The van der Waals surface area contributed by atoms with E-state index in [2.05, 4.69) is 12.2 Å². The summed E-state index contributed by atoms with van der Waals surface area (Å²) in [6.07, 6.45) is 4.92. The van der Waals surface area contributed by atoms with Crippen molar-refractivity contribution in [1.82, 2.24) is 5.32 Å². The molecule has 0 spiro atoms. The molecule has 0 saturated carbocycles. The van der Waals surface area contributed by atoms with Gasteiger partial charge in [-0.3, -0.25) is 0 Å². The first kappa shape index (κ1) is 12.7. The molecule has 1 aliphatic rings. The van der Waals surface area contributed by atoms with E-state index in [1.165, 1.54) is 24.8 Å². The average molecular weight is 254 g/mol. The number of halogens is 1. The number of benzene rings is 1. The smallest absolute Gasteiger partial charge is 0.124 e. The number of rotatable bonds is 2. The minimum atomic E-state index is -0.0211. The first-order chi connectivity index (χ1) is 8.15. The van der Waals surface area contributed by atoms with Crippen LogP contribution in [0.15, 0.2) is 18.2 Å². The van der Waals surface area contributed by atoms with Crippen LogP contribution in [0.2, 0.25) is 5.02 Å². The van der Waals surface area contributed by atoms with Gasteiger partial charge in [0.2, 0.25) is 0 Å². The van der Waals surface area contributed by atoms with Gasteiger partial charge >= 0.3 is 0 Å². The van der Waals surface area contributed by atoms with Crippen LogP contribution in [-0.2, 0) is 5.54 Å². The third-order valence-corrected chi connectivity index (χ3v) is 3.86. The van der Waals surface area contributed by atoms with E-state index in [-0.39, 0.29) is 5.54 Å². The van der Waals surface area contributed by atoms with Gasteiger partial charge in [0, 0.05) is 16.1 Å². The molecule has 1 unspecified atom stereocenters. The molecule has 0 aliphatic carbocycles. The summed E-state index contributed by atoms with van der Waals surface area (Å²) in [5.74, 6) is 0.923. The Hall–Kier alpha value is -0.730. The summed E-state index contributed by atoms with van der Waals surface area (Å²) in [5, 5.41) is 4.41. The summed E-state index contributed by atoms with van der Waals surface area (Å²) >= 11 is 6.11. The summed E-state index contributed by atoms with van der Waals surface area (Å²) in [5.41, 5.74) is 1.15. The molecule has 3 heteroatoms. The maximum absolute atomic E-state index is 6.11. The third kappa shape index (κ3) is 2.75. The molecule has 2 nitrogen and oxygen atoms in total. The van der Waals surface area contributed by atoms with Gasteiger partial charge < -0.3 is 10.1 Å². The number of nitrogens with one attached hydrogen (secondary N) is 1. The van der Waals surface area contributed by atoms with Crippen molar-refractivity contribution in [3.8, 4) is 5.75 Å². The molecule has 1 aromatic rings. The summed E-state index contributed by atoms with van der Waals surface area (Å²) < 4.78 is 5.46. The Labute approximate surface area is 108 Å². The van der Waals surface area contributed by atoms with Crippen LogP contribution in [0.5, 0.6) is 5.75 Å². The Kier molecular flexibility index (Phi) is 3.95. The van der Waals surface area contributed by atoms with Gasteiger partial charge in [-0.1, -0.05) is 24.4 Å². The van der Waals surface area contributed by atoms with Crippen molar-refractivity contribution in [2.24, 2.45) is 0 Å². The number of hydrogen-bond donors (Lipinski definition) is 1. The molecule has 0 aromatic heterocycles. The minimum Gasteiger partial charge on any atom is -0.496 e. The molecular formula is C14H20ClNO. The molecule has 1 aliphatic heterocycles. The lowest BCUT2D eigenvalue weighted by atomic mass is 9.87. The van der Waals surface area contributed by atoms with E-state index in [0.29, 0.717) is 0 Å². The van der Waals surface area contributed by atoms with Crippen LogP contribution in [-0.4, -0.2) is 13.7 Å². The number of methoxy groups -OCH3 is 1. The molecule has 0 radical (unpaired) electrons. The van der Waals surface area contributed by atoms with Crippen LogP contribution in [0.3, 0.4) is 0 Å². The average Bonchev–Trinajstić information content (AvgIpc) is 2.55. The van der Waals surface area contributed by atoms with E-state index in [1.807, 2.05) is 18.2 Å². The fraction of sp³-hybridized carbons (Fsp3) is 0.571. The molecule has 17 heavy (non-hydrogen) atoms. The van der Waals surface area contributed by atoms with Crippen molar-refractivity contribution in [2.45, 2.75) is 38.1 Å². The van der Waals surface area contributed by atoms with Gasteiger partial charge in [-0.2, -0.15) is 0 Å². The monoisotopic (exact) mass is 253 g/mol. The fourth-order valence-electron chi connectivity index (χ4n) is 2.57. The first-order valence-corrected chi connectivity index (χ1v) is 6.62. The molecule has 2 rings (SSSR count). The quantitative estimate of drug-likeness (QED) is 0.867. The summed E-state index contributed by atoms with van der Waals surface area (Å²) in [6.45, 7) is 3.30. The van der Waals surface area contributed by atoms with Crippen LogP contribution in [0.4, 0.5) is 0 Å². The first-order valence-electron chi connectivity index (χ1n) is 6.25. The second-order valence-electron chi connectivity index (χ2n) is 4.91. The molecule has 1 heterocycles. The van der Waals surface area contributed by atoms with Gasteiger partial charge in [0.1, 0.15) is 5.75 Å². The van der Waals surface area contributed by atoms with Gasteiger partial charge in [-0.05, 0) is 44.5 Å². The highest BCUT2D eigenvalue weighted by atomic mass is 35.5. The highest BCUT2D eigenvalue weighted by molar-refractivity contribution is 6.30. The van der Waals surface area contributed by atoms with E-state index in [0.717, 1.165) is 23.7 Å². The highest BCUT2D eigenvalue weighted by Crippen LogP contribution is 2.36. The second-order valence-corrected chi connectivity index (χ2v) is 5.35. The predicted molar refractivity (Wildman–Crippen MR) is 71.8 cm³/mol. The molecule has 1 aromatic carbocycles. The minimum absolute atomic E-state index is 0.0211. The van der Waals surface area contributed by atoms with Crippen LogP contribution >= 0.6 is 11.6 Å². The maximum Gasteiger partial charge on any atom is 0.124 e. The molecule has 1 saturated heterocycles. The molecular weight excluding hydrogens is 234 g/mol. The van der Waals surface area contributed by atoms with Crippen molar-refractivity contribution in [3.63, 3.8) is 0 Å². The largest absolute Gasteiger partial charge is 0.496 e. The molecule has 1 atom stereocenters. The van der Waals surface area contributed by atoms with Crippen LogP contribution in [0.1, 0.15) is 38.2 Å². The summed E-state index contributed by atoms with van der Waals surface area (Å²) in [4.78, 5) is 0. The Balaban J connectivity index is 2.38. The number of hydrogen-bond acceptors (Lipinski definition) is 2. The highest BCUT2D eigenvalue weighted by Gasteiger charge is 2.30. The lowest BCUT2D eigenvalue weighted by molar-refractivity contribution is 0.332. The van der Waals surface area contributed by atoms with E-state index in [4.69, 9.17) is 16.3 Å². The Bertz CT molecular complexity index is 384. The molecule has 0 amide bonds. The van der Waals surface area contributed by atoms with Gasteiger partial charge in [0.15, 0.2) is 0 Å². The Morgan fingerprint density at radius 1 is 1.29 bits per heavy atom. The predicted octanol–water partition coefficient (Wildman–Crippen LogP) is 3.73. The van der Waals surface area contributed by atoms with Crippen molar-refractivity contribution in [1.29, 1.82) is 0 Å². The fourth-order valence-corrected chi connectivity index (χ4v) is 2.75. The lowest BCUT2D eigenvalue weighted by Crippen LogP contribution is -2.39. The molecule has 94 valence electrons. The zero-order chi connectivity index (χ0) is 12.3. The SMILES string of the molecule is COc1ccc(Cl)cc1C1(C)CCCCCN1. The van der Waals surface area contributed by atoms with Crippen molar-refractivity contribution in [3.05, 3.63) is 28.8 Å². The van der Waals surface area contributed by atoms with Gasteiger partial charge in [-0.15, -0.1) is 0 Å². The van der Waals surface area contributed by atoms with E-state index < -0.39 is 0 Å². The normalized spacial score (nSPS) is 25.4. The van der Waals surface area contributed by atoms with Crippen molar-refractivity contribution >= 4 is 11.6 Å². The van der Waals surface area contributed by atoms with E-state index in [9.17, 15) is 0 Å². The van der Waals surface area contributed by atoms with Crippen molar-refractivity contribution in [2.75, 3.05) is 13.7 Å². The van der Waals surface area contributed by atoms with Crippen LogP contribution < -0.4 is 10.1 Å². The molecule has 1 fully saturated rings. The zero-order valence-electron chi connectivity index (χ0n) is 10.6.